The Morgan fingerprint density at radius 2 is 1.75 bits per heavy atom. The molecule has 5 heteroatoms. The third-order valence-corrected chi connectivity index (χ3v) is 1.25. The minimum atomic E-state index is 0.169. The minimum absolute atomic E-state index is 0.169. The molecule has 0 amide bonds. The van der Waals surface area contributed by atoms with Crippen LogP contribution in [0.2, 0.25) is 0 Å². The summed E-state index contributed by atoms with van der Waals surface area (Å²) in [5, 5.41) is 0. The molecule has 1 aromatic rings. The Hall–Kier alpha value is -1.65. The number of hydrogen-bond donors (Lipinski definition) is 2. The summed E-state index contributed by atoms with van der Waals surface area (Å²) in [5.41, 5.74) is 10.7. The minimum Gasteiger partial charge on any atom is -0.368 e. The number of anilines is 2. The van der Waals surface area contributed by atoms with Crippen molar-refractivity contribution >= 4 is 11.9 Å². The molecular weight excluding hydrogens is 154 g/mol. The molecule has 1 aromatic heterocycles. The van der Waals surface area contributed by atoms with E-state index in [0.29, 0.717) is 12.2 Å². The Bertz CT molecular complexity index is 274. The SMILES string of the molecule is C/C=C/Cc1nc(N)nc(N)n1. The van der Waals surface area contributed by atoms with Crippen molar-refractivity contribution in [2.24, 2.45) is 0 Å². The molecule has 0 fully saturated rings. The Labute approximate surface area is 70.5 Å². The van der Waals surface area contributed by atoms with Crippen LogP contribution in [0.1, 0.15) is 12.7 Å². The van der Waals surface area contributed by atoms with E-state index in [4.69, 9.17) is 11.5 Å². The molecule has 1 heterocycles. The highest BCUT2D eigenvalue weighted by Crippen LogP contribution is 1.99. The van der Waals surface area contributed by atoms with Gasteiger partial charge in [0.2, 0.25) is 11.9 Å². The quantitative estimate of drug-likeness (QED) is 0.609. The molecule has 12 heavy (non-hydrogen) atoms. The molecule has 0 radical (unpaired) electrons. The van der Waals surface area contributed by atoms with Crippen molar-refractivity contribution in [1.29, 1.82) is 0 Å². The van der Waals surface area contributed by atoms with Crippen LogP contribution >= 0.6 is 0 Å². The van der Waals surface area contributed by atoms with Crippen molar-refractivity contribution in [1.82, 2.24) is 15.0 Å². The van der Waals surface area contributed by atoms with E-state index in [1.54, 1.807) is 0 Å². The normalized spacial score (nSPS) is 10.8. The van der Waals surface area contributed by atoms with Gasteiger partial charge in [0, 0.05) is 6.42 Å². The lowest BCUT2D eigenvalue weighted by molar-refractivity contribution is 0.954. The Kier molecular flexibility index (Phi) is 2.57. The topological polar surface area (TPSA) is 90.7 Å². The number of aromatic nitrogens is 3. The number of rotatable bonds is 2. The Morgan fingerprint density at radius 1 is 1.17 bits per heavy atom. The molecule has 1 rings (SSSR count). The van der Waals surface area contributed by atoms with Gasteiger partial charge in [0.05, 0.1) is 0 Å². The van der Waals surface area contributed by atoms with Gasteiger partial charge in [-0.3, -0.25) is 0 Å². The first-order chi connectivity index (χ1) is 5.72. The van der Waals surface area contributed by atoms with Crippen LogP contribution in [0.4, 0.5) is 11.9 Å². The second-order valence-corrected chi connectivity index (χ2v) is 2.24. The lowest BCUT2D eigenvalue weighted by Crippen LogP contribution is -2.06. The van der Waals surface area contributed by atoms with Gasteiger partial charge in [-0.15, -0.1) is 0 Å². The van der Waals surface area contributed by atoms with E-state index >= 15 is 0 Å². The number of nitrogens with two attached hydrogens (primary N) is 2. The van der Waals surface area contributed by atoms with E-state index in [2.05, 4.69) is 15.0 Å². The summed E-state index contributed by atoms with van der Waals surface area (Å²) in [6.45, 7) is 1.92. The van der Waals surface area contributed by atoms with Gasteiger partial charge in [-0.1, -0.05) is 12.2 Å². The number of nitrogens with zero attached hydrogens (tertiary/aromatic N) is 3. The van der Waals surface area contributed by atoms with Gasteiger partial charge in [-0.05, 0) is 6.92 Å². The van der Waals surface area contributed by atoms with Crippen molar-refractivity contribution in [2.45, 2.75) is 13.3 Å². The second kappa shape index (κ2) is 3.66. The standard InChI is InChI=1S/C7H11N5/c1-2-3-4-5-10-6(8)12-7(9)11-5/h2-3H,4H2,1H3,(H4,8,9,10,11,12)/b3-2+. The molecule has 0 saturated heterocycles. The number of hydrogen-bond acceptors (Lipinski definition) is 5. The maximum Gasteiger partial charge on any atom is 0.225 e. The average molecular weight is 165 g/mol. The van der Waals surface area contributed by atoms with Crippen LogP contribution in [-0.4, -0.2) is 15.0 Å². The molecule has 0 bridgehead atoms. The van der Waals surface area contributed by atoms with Crippen LogP contribution in [0.5, 0.6) is 0 Å². The summed E-state index contributed by atoms with van der Waals surface area (Å²) in [7, 11) is 0. The predicted octanol–water partition coefficient (Wildman–Crippen LogP) is 0.155. The lowest BCUT2D eigenvalue weighted by Gasteiger charge is -1.97. The number of nitrogen functional groups attached to an aromatic ring is 2. The van der Waals surface area contributed by atoms with Crippen molar-refractivity contribution < 1.29 is 0 Å². The van der Waals surface area contributed by atoms with E-state index < -0.39 is 0 Å². The lowest BCUT2D eigenvalue weighted by atomic mass is 10.4. The van der Waals surface area contributed by atoms with Crippen LogP contribution < -0.4 is 11.5 Å². The van der Waals surface area contributed by atoms with Crippen LogP contribution in [0.25, 0.3) is 0 Å². The summed E-state index contributed by atoms with van der Waals surface area (Å²) >= 11 is 0. The Morgan fingerprint density at radius 3 is 2.25 bits per heavy atom. The highest BCUT2D eigenvalue weighted by Gasteiger charge is 1.98. The molecule has 0 aliphatic rings. The second-order valence-electron chi connectivity index (χ2n) is 2.24. The summed E-state index contributed by atoms with van der Waals surface area (Å²) < 4.78 is 0. The number of allylic oxidation sites excluding steroid dienone is 2. The molecule has 0 aliphatic heterocycles. The first-order valence-corrected chi connectivity index (χ1v) is 3.59. The third-order valence-electron chi connectivity index (χ3n) is 1.25. The Balaban J connectivity index is 2.85. The average Bonchev–Trinajstić information content (AvgIpc) is 1.99. The zero-order valence-electron chi connectivity index (χ0n) is 6.86. The van der Waals surface area contributed by atoms with Crippen molar-refractivity contribution in [3.05, 3.63) is 18.0 Å². The van der Waals surface area contributed by atoms with E-state index in [1.165, 1.54) is 0 Å². The summed E-state index contributed by atoms with van der Waals surface area (Å²) in [4.78, 5) is 11.4. The molecule has 0 atom stereocenters. The molecule has 0 spiro atoms. The highest BCUT2D eigenvalue weighted by molar-refractivity contribution is 5.26. The smallest absolute Gasteiger partial charge is 0.225 e. The van der Waals surface area contributed by atoms with Crippen molar-refractivity contribution in [3.63, 3.8) is 0 Å². The van der Waals surface area contributed by atoms with Crippen molar-refractivity contribution in [2.75, 3.05) is 11.5 Å². The predicted molar refractivity (Wildman–Crippen MR) is 47.2 cm³/mol. The third kappa shape index (κ3) is 2.19. The van der Waals surface area contributed by atoms with Gasteiger partial charge in [-0.25, -0.2) is 0 Å². The van der Waals surface area contributed by atoms with Crippen LogP contribution in [-0.2, 0) is 6.42 Å². The molecule has 0 unspecified atom stereocenters. The maximum atomic E-state index is 5.36. The molecule has 64 valence electrons. The van der Waals surface area contributed by atoms with E-state index in [9.17, 15) is 0 Å². The largest absolute Gasteiger partial charge is 0.368 e. The summed E-state index contributed by atoms with van der Waals surface area (Å²) in [5.74, 6) is 0.933. The highest BCUT2D eigenvalue weighted by atomic mass is 15.1. The fraction of sp³-hybridized carbons (Fsp3) is 0.286. The zero-order valence-corrected chi connectivity index (χ0v) is 6.86. The fourth-order valence-corrected chi connectivity index (χ4v) is 0.771. The van der Waals surface area contributed by atoms with E-state index in [1.807, 2.05) is 19.1 Å². The first-order valence-electron chi connectivity index (χ1n) is 3.59. The van der Waals surface area contributed by atoms with E-state index in [0.717, 1.165) is 0 Å². The van der Waals surface area contributed by atoms with Gasteiger partial charge in [-0.2, -0.15) is 15.0 Å². The molecule has 0 saturated carbocycles. The zero-order chi connectivity index (χ0) is 8.97. The summed E-state index contributed by atoms with van der Waals surface area (Å²) in [6, 6.07) is 0. The van der Waals surface area contributed by atoms with Crippen molar-refractivity contribution in [3.8, 4) is 0 Å². The van der Waals surface area contributed by atoms with Crippen LogP contribution in [0.3, 0.4) is 0 Å². The molecule has 0 aromatic carbocycles. The van der Waals surface area contributed by atoms with Crippen LogP contribution in [0, 0.1) is 0 Å². The van der Waals surface area contributed by atoms with Gasteiger partial charge in [0.15, 0.2) is 0 Å². The molecular formula is C7H11N5. The fourth-order valence-electron chi connectivity index (χ4n) is 0.771. The van der Waals surface area contributed by atoms with Gasteiger partial charge >= 0.3 is 0 Å². The monoisotopic (exact) mass is 165 g/mol. The molecule has 5 nitrogen and oxygen atoms in total. The first kappa shape index (κ1) is 8.45. The summed E-state index contributed by atoms with van der Waals surface area (Å²) in [6.07, 6.45) is 4.47. The van der Waals surface area contributed by atoms with Crippen LogP contribution in [0.15, 0.2) is 12.2 Å². The maximum absolute atomic E-state index is 5.36. The molecule has 0 aliphatic carbocycles. The van der Waals surface area contributed by atoms with Gasteiger partial charge in [0.25, 0.3) is 0 Å². The van der Waals surface area contributed by atoms with Gasteiger partial charge < -0.3 is 11.5 Å². The van der Waals surface area contributed by atoms with Gasteiger partial charge in [0.1, 0.15) is 5.82 Å². The molecule has 4 N–H and O–H groups in total. The van der Waals surface area contributed by atoms with E-state index in [-0.39, 0.29) is 11.9 Å².